The maximum atomic E-state index is 8.68. The van der Waals surface area contributed by atoms with Gasteiger partial charge in [-0.15, -0.1) is 5.69 Å². The van der Waals surface area contributed by atoms with Gasteiger partial charge >= 0.3 is 51.4 Å². The van der Waals surface area contributed by atoms with E-state index in [9.17, 15) is 0 Å². The first-order chi connectivity index (χ1) is 6.22. The van der Waals surface area contributed by atoms with Crippen molar-refractivity contribution in [2.24, 2.45) is 0 Å². The normalized spacial score (nSPS) is 9.00. The summed E-state index contributed by atoms with van der Waals surface area (Å²) in [6.45, 7) is 0.168. The number of nitrogens with zero attached hydrogens (tertiary/aromatic N) is 1. The van der Waals surface area contributed by atoms with Crippen LogP contribution in [0.4, 0.5) is 5.69 Å². The van der Waals surface area contributed by atoms with Gasteiger partial charge in [-0.1, -0.05) is 36.5 Å². The molecule has 1 aromatic carbocycles. The van der Waals surface area contributed by atoms with Gasteiger partial charge < -0.3 is 10.4 Å². The first-order valence-corrected chi connectivity index (χ1v) is 4.72. The second-order valence-corrected chi connectivity index (χ2v) is 3.65. The molecular weight excluding hydrogens is 241 g/mol. The molecular formula is C9H10KNOS2. The minimum absolute atomic E-state index is 0. The van der Waals surface area contributed by atoms with E-state index in [4.69, 9.17) is 17.3 Å². The third kappa shape index (κ3) is 5.82. The topological polar surface area (TPSA) is 34.3 Å². The van der Waals surface area contributed by atoms with E-state index in [-0.39, 0.29) is 58.0 Å². The Morgan fingerprint density at radius 1 is 1.36 bits per heavy atom. The predicted molar refractivity (Wildman–Crippen MR) is 61.8 cm³/mol. The van der Waals surface area contributed by atoms with Crippen molar-refractivity contribution in [3.8, 4) is 0 Å². The summed E-state index contributed by atoms with van der Waals surface area (Å²) in [6, 6.07) is 7.54. The molecule has 2 nitrogen and oxygen atoms in total. The number of thiocarbonyl (C=S) groups is 1. The summed E-state index contributed by atoms with van der Waals surface area (Å²) in [5.41, 5.74) is 1.88. The quantitative estimate of drug-likeness (QED) is 0.429. The summed E-state index contributed by atoms with van der Waals surface area (Å²) in [4.78, 5) is 0. The molecule has 1 N–H and O–H groups in total. The molecule has 0 fully saturated rings. The van der Waals surface area contributed by atoms with Gasteiger partial charge in [-0.25, -0.2) is 0 Å². The van der Waals surface area contributed by atoms with E-state index in [1.165, 1.54) is 0 Å². The van der Waals surface area contributed by atoms with Crippen molar-refractivity contribution in [2.45, 2.75) is 6.42 Å². The third-order valence-electron chi connectivity index (χ3n) is 1.56. The van der Waals surface area contributed by atoms with Gasteiger partial charge in [0, 0.05) is 6.61 Å². The fraction of sp³-hybridized carbons (Fsp3) is 0.222. The van der Waals surface area contributed by atoms with E-state index in [1.807, 2.05) is 24.3 Å². The number of aliphatic hydroxyl groups excluding tert-OH is 1. The number of benzene rings is 1. The Morgan fingerprint density at radius 3 is 2.36 bits per heavy atom. The van der Waals surface area contributed by atoms with Gasteiger partial charge in [-0.2, -0.15) is 12.6 Å². The maximum absolute atomic E-state index is 8.68. The Hall–Kier alpha value is 1.06. The minimum atomic E-state index is 0. The van der Waals surface area contributed by atoms with E-state index in [0.717, 1.165) is 11.3 Å². The summed E-state index contributed by atoms with van der Waals surface area (Å²) in [7, 11) is 0. The Kier molecular flexibility index (Phi) is 8.86. The van der Waals surface area contributed by atoms with Crippen molar-refractivity contribution in [3.63, 3.8) is 0 Å². The number of hydrogen-bond donors (Lipinski definition) is 2. The van der Waals surface area contributed by atoms with E-state index >= 15 is 0 Å². The second-order valence-electron chi connectivity index (χ2n) is 2.53. The van der Waals surface area contributed by atoms with Crippen LogP contribution in [-0.2, 0) is 6.42 Å². The van der Waals surface area contributed by atoms with Gasteiger partial charge in [0.15, 0.2) is 0 Å². The van der Waals surface area contributed by atoms with Crippen LogP contribution in [0.2, 0.25) is 0 Å². The Labute approximate surface area is 137 Å². The monoisotopic (exact) mass is 251 g/mol. The maximum Gasteiger partial charge on any atom is 1.00 e. The first kappa shape index (κ1) is 15.1. The molecule has 0 bridgehead atoms. The standard InChI is InChI=1S/C9H11NOS2.K/c11-6-5-7-1-3-8(4-2-7)10-9(12)13;/h1-4,11H,5-6H2,(H2,10,12,13);/q;+1/p-1. The van der Waals surface area contributed by atoms with Gasteiger partial charge in [0.2, 0.25) is 0 Å². The zero-order valence-corrected chi connectivity index (χ0v) is 12.8. The van der Waals surface area contributed by atoms with Gasteiger partial charge in [0.1, 0.15) is 0 Å². The van der Waals surface area contributed by atoms with Crippen LogP contribution >= 0.6 is 24.8 Å². The summed E-state index contributed by atoms with van der Waals surface area (Å²) >= 11 is 8.62. The smallest absolute Gasteiger partial charge is 0.643 e. The average molecular weight is 251 g/mol. The van der Waals surface area contributed by atoms with E-state index < -0.39 is 0 Å². The molecule has 0 spiro atoms. The Bertz CT molecular complexity index is 289. The predicted octanol–water partition coefficient (Wildman–Crippen LogP) is -0.555. The summed E-state index contributed by atoms with van der Waals surface area (Å²) in [6.07, 6.45) is 0.672. The number of aliphatic hydroxyl groups is 1. The zero-order valence-electron chi connectivity index (χ0n) is 7.97. The molecule has 1 aromatic rings. The first-order valence-electron chi connectivity index (χ1n) is 3.87. The van der Waals surface area contributed by atoms with Crippen molar-refractivity contribution in [2.75, 3.05) is 6.61 Å². The molecule has 0 saturated heterocycles. The number of rotatable bonds is 3. The second kappa shape index (κ2) is 8.24. The number of thiol groups is 1. The summed E-state index contributed by atoms with van der Waals surface area (Å²) < 4.78 is 0.329. The van der Waals surface area contributed by atoms with Gasteiger partial charge in [-0.3, -0.25) is 0 Å². The molecule has 0 radical (unpaired) electrons. The fourth-order valence-electron chi connectivity index (χ4n) is 0.977. The van der Waals surface area contributed by atoms with E-state index in [1.54, 1.807) is 0 Å². The largest absolute Gasteiger partial charge is 1.00 e. The van der Waals surface area contributed by atoms with Crippen LogP contribution in [0.1, 0.15) is 5.56 Å². The molecule has 5 heteroatoms. The van der Waals surface area contributed by atoms with E-state index in [2.05, 4.69) is 17.9 Å². The zero-order chi connectivity index (χ0) is 9.68. The third-order valence-corrected chi connectivity index (χ3v) is 1.75. The van der Waals surface area contributed by atoms with Gasteiger partial charge in [-0.05, 0) is 16.3 Å². The van der Waals surface area contributed by atoms with E-state index in [0.29, 0.717) is 10.7 Å². The van der Waals surface area contributed by atoms with Crippen LogP contribution < -0.4 is 51.4 Å². The van der Waals surface area contributed by atoms with Crippen LogP contribution in [0.15, 0.2) is 24.3 Å². The minimum Gasteiger partial charge on any atom is -0.643 e. The summed E-state index contributed by atoms with van der Waals surface area (Å²) in [5, 5.41) is 12.7. The molecule has 0 heterocycles. The van der Waals surface area contributed by atoms with Crippen molar-refractivity contribution in [1.82, 2.24) is 0 Å². The SMILES string of the molecule is OCCc1ccc([N-]C(=S)S)cc1.[K+]. The number of hydrogen-bond acceptors (Lipinski definition) is 2. The molecule has 0 amide bonds. The molecule has 14 heavy (non-hydrogen) atoms. The van der Waals surface area contributed by atoms with Crippen molar-refractivity contribution >= 4 is 34.9 Å². The summed E-state index contributed by atoms with van der Waals surface area (Å²) in [5.74, 6) is 0. The van der Waals surface area contributed by atoms with Crippen LogP contribution in [0.3, 0.4) is 0 Å². The van der Waals surface area contributed by atoms with Crippen LogP contribution in [0.5, 0.6) is 0 Å². The van der Waals surface area contributed by atoms with Gasteiger partial charge in [0.25, 0.3) is 0 Å². The van der Waals surface area contributed by atoms with Crippen molar-refractivity contribution in [1.29, 1.82) is 0 Å². The van der Waals surface area contributed by atoms with Crippen LogP contribution in [-0.4, -0.2) is 16.0 Å². The molecule has 0 aliphatic carbocycles. The Balaban J connectivity index is 0.00000169. The van der Waals surface area contributed by atoms with Crippen LogP contribution in [0, 0.1) is 0 Å². The molecule has 0 aliphatic heterocycles. The van der Waals surface area contributed by atoms with Gasteiger partial charge in [0.05, 0.1) is 0 Å². The Morgan fingerprint density at radius 2 is 1.93 bits per heavy atom. The molecule has 70 valence electrons. The average Bonchev–Trinajstić information content (AvgIpc) is 2.08. The van der Waals surface area contributed by atoms with Crippen LogP contribution in [0.25, 0.3) is 5.32 Å². The van der Waals surface area contributed by atoms with Crippen molar-refractivity contribution < 1.29 is 56.5 Å². The fourth-order valence-corrected chi connectivity index (χ4v) is 1.20. The molecule has 0 aromatic heterocycles. The molecule has 1 rings (SSSR count). The molecule has 0 saturated carbocycles. The molecule has 0 unspecified atom stereocenters. The molecule has 0 atom stereocenters. The molecule has 0 aliphatic rings. The van der Waals surface area contributed by atoms with Crippen molar-refractivity contribution in [3.05, 3.63) is 35.1 Å².